The highest BCUT2D eigenvalue weighted by atomic mass is 35.5. The molecule has 1 amide bonds. The van der Waals surface area contributed by atoms with E-state index in [1.54, 1.807) is 30.5 Å². The molecule has 1 aromatic carbocycles. The fourth-order valence-electron chi connectivity index (χ4n) is 1.85. The normalized spacial score (nSPS) is 13.8. The van der Waals surface area contributed by atoms with Gasteiger partial charge in [0.1, 0.15) is 5.76 Å². The first-order valence-corrected chi connectivity index (χ1v) is 6.80. The van der Waals surface area contributed by atoms with Gasteiger partial charge in [0.05, 0.1) is 18.3 Å². The number of rotatable bonds is 5. The molecule has 2 aromatic rings. The number of carbonyl (C=O) groups excluding carboxylic acids is 1. The molecule has 1 heterocycles. The zero-order valence-corrected chi connectivity index (χ0v) is 12.1. The Balaban J connectivity index is 1.90. The van der Waals surface area contributed by atoms with Gasteiger partial charge in [0.25, 0.3) is 0 Å². The Bertz CT molecular complexity index is 552. The van der Waals surface area contributed by atoms with Crippen LogP contribution >= 0.6 is 11.6 Å². The summed E-state index contributed by atoms with van der Waals surface area (Å²) >= 11 is 5.80. The third kappa shape index (κ3) is 3.85. The molecule has 2 atom stereocenters. The van der Waals surface area contributed by atoms with Gasteiger partial charge in [-0.1, -0.05) is 11.6 Å². The predicted molar refractivity (Wildman–Crippen MR) is 79.8 cm³/mol. The van der Waals surface area contributed by atoms with Crippen molar-refractivity contribution >= 4 is 23.2 Å². The smallest absolute Gasteiger partial charge is 0.241 e. The van der Waals surface area contributed by atoms with E-state index >= 15 is 0 Å². The van der Waals surface area contributed by atoms with Crippen LogP contribution in [0.4, 0.5) is 5.69 Å². The summed E-state index contributed by atoms with van der Waals surface area (Å²) in [7, 11) is 0. The Morgan fingerprint density at radius 2 is 1.90 bits per heavy atom. The molecule has 0 fully saturated rings. The van der Waals surface area contributed by atoms with Gasteiger partial charge >= 0.3 is 0 Å². The summed E-state index contributed by atoms with van der Waals surface area (Å²) in [6.45, 7) is 3.76. The fraction of sp³-hybridized carbons (Fsp3) is 0.267. The fourth-order valence-corrected chi connectivity index (χ4v) is 1.98. The van der Waals surface area contributed by atoms with Gasteiger partial charge in [0, 0.05) is 10.7 Å². The van der Waals surface area contributed by atoms with Crippen LogP contribution in [0.2, 0.25) is 5.02 Å². The van der Waals surface area contributed by atoms with Crippen molar-refractivity contribution in [2.45, 2.75) is 25.9 Å². The second-order valence-electron chi connectivity index (χ2n) is 4.62. The molecule has 106 valence electrons. The number of benzene rings is 1. The highest BCUT2D eigenvalue weighted by molar-refractivity contribution is 6.30. The van der Waals surface area contributed by atoms with Gasteiger partial charge in [0.2, 0.25) is 5.91 Å². The van der Waals surface area contributed by atoms with Crippen molar-refractivity contribution in [3.63, 3.8) is 0 Å². The largest absolute Gasteiger partial charge is 0.468 e. The first-order valence-electron chi connectivity index (χ1n) is 6.42. The zero-order chi connectivity index (χ0) is 14.5. The molecule has 0 aliphatic carbocycles. The molecule has 2 N–H and O–H groups in total. The van der Waals surface area contributed by atoms with Crippen LogP contribution in [-0.4, -0.2) is 11.9 Å². The van der Waals surface area contributed by atoms with E-state index in [0.717, 1.165) is 11.4 Å². The van der Waals surface area contributed by atoms with Crippen LogP contribution in [-0.2, 0) is 4.79 Å². The third-order valence-electron chi connectivity index (χ3n) is 2.98. The van der Waals surface area contributed by atoms with Crippen LogP contribution in [0, 0.1) is 0 Å². The summed E-state index contributed by atoms with van der Waals surface area (Å²) in [5, 5.41) is 6.65. The topological polar surface area (TPSA) is 54.3 Å². The number of halogens is 1. The van der Waals surface area contributed by atoms with E-state index in [0.29, 0.717) is 5.02 Å². The minimum absolute atomic E-state index is 0.0315. The molecule has 0 spiro atoms. The number of hydrogen-bond donors (Lipinski definition) is 2. The Labute approximate surface area is 123 Å². The average Bonchev–Trinajstić information content (AvgIpc) is 2.95. The second kappa shape index (κ2) is 6.59. The predicted octanol–water partition coefficient (Wildman–Crippen LogP) is 3.61. The molecule has 0 saturated carbocycles. The van der Waals surface area contributed by atoms with Crippen molar-refractivity contribution in [2.75, 3.05) is 5.32 Å². The van der Waals surface area contributed by atoms with Crippen LogP contribution in [0.5, 0.6) is 0 Å². The number of amides is 1. The van der Waals surface area contributed by atoms with Crippen molar-refractivity contribution < 1.29 is 9.21 Å². The highest BCUT2D eigenvalue weighted by Gasteiger charge is 2.17. The molecule has 4 nitrogen and oxygen atoms in total. The van der Waals surface area contributed by atoms with Gasteiger partial charge in [0.15, 0.2) is 0 Å². The molecule has 5 heteroatoms. The first kappa shape index (κ1) is 14.6. The van der Waals surface area contributed by atoms with E-state index in [1.807, 2.05) is 26.0 Å². The quantitative estimate of drug-likeness (QED) is 0.885. The summed E-state index contributed by atoms with van der Waals surface area (Å²) in [6, 6.07) is 10.3. The first-order chi connectivity index (χ1) is 9.56. The molecule has 1 aromatic heterocycles. The summed E-state index contributed by atoms with van der Waals surface area (Å²) in [4.78, 5) is 12.1. The van der Waals surface area contributed by atoms with Gasteiger partial charge in [-0.15, -0.1) is 0 Å². The van der Waals surface area contributed by atoms with Crippen molar-refractivity contribution in [2.24, 2.45) is 0 Å². The minimum Gasteiger partial charge on any atom is -0.468 e. The maximum atomic E-state index is 12.1. The lowest BCUT2D eigenvalue weighted by Gasteiger charge is -2.18. The summed E-state index contributed by atoms with van der Waals surface area (Å²) in [6.07, 6.45) is 1.62. The molecule has 2 rings (SSSR count). The van der Waals surface area contributed by atoms with Gasteiger partial charge < -0.3 is 9.73 Å². The van der Waals surface area contributed by atoms with Crippen molar-refractivity contribution in [1.82, 2.24) is 5.32 Å². The summed E-state index contributed by atoms with van der Waals surface area (Å²) in [5.74, 6) is 0.696. The summed E-state index contributed by atoms with van der Waals surface area (Å²) in [5.41, 5.74) is 0.721. The number of nitrogens with one attached hydrogen (secondary N) is 2. The number of furan rings is 1. The molecular weight excluding hydrogens is 276 g/mol. The lowest BCUT2D eigenvalue weighted by Crippen LogP contribution is -2.39. The van der Waals surface area contributed by atoms with E-state index in [4.69, 9.17) is 16.0 Å². The molecule has 0 radical (unpaired) electrons. The van der Waals surface area contributed by atoms with E-state index in [2.05, 4.69) is 10.6 Å². The number of hydrogen-bond acceptors (Lipinski definition) is 3. The van der Waals surface area contributed by atoms with Crippen LogP contribution in [0.3, 0.4) is 0 Å². The number of carbonyl (C=O) groups is 1. The standard InChI is InChI=1S/C15H17ClN2O2/c1-10(14-4-3-9-20-14)17-11(2)15(19)18-13-7-5-12(16)6-8-13/h3-11,17H,1-2H3,(H,18,19)/t10-,11+/m0/s1. The second-order valence-corrected chi connectivity index (χ2v) is 5.06. The van der Waals surface area contributed by atoms with Crippen molar-refractivity contribution in [1.29, 1.82) is 0 Å². The van der Waals surface area contributed by atoms with Gasteiger partial charge in [-0.2, -0.15) is 0 Å². The van der Waals surface area contributed by atoms with Crippen LogP contribution in [0.1, 0.15) is 25.6 Å². The Kier molecular flexibility index (Phi) is 4.82. The van der Waals surface area contributed by atoms with E-state index in [9.17, 15) is 4.79 Å². The maximum absolute atomic E-state index is 12.1. The lowest BCUT2D eigenvalue weighted by atomic mass is 10.2. The van der Waals surface area contributed by atoms with E-state index < -0.39 is 0 Å². The van der Waals surface area contributed by atoms with Crippen molar-refractivity contribution in [3.05, 3.63) is 53.4 Å². The van der Waals surface area contributed by atoms with Gasteiger partial charge in [-0.3, -0.25) is 10.1 Å². The highest BCUT2D eigenvalue weighted by Crippen LogP contribution is 2.15. The van der Waals surface area contributed by atoms with E-state index in [1.165, 1.54) is 0 Å². The van der Waals surface area contributed by atoms with Gasteiger partial charge in [-0.25, -0.2) is 0 Å². The SMILES string of the molecule is C[C@H](N[C@H](C)C(=O)Nc1ccc(Cl)cc1)c1ccco1. The monoisotopic (exact) mass is 292 g/mol. The number of anilines is 1. The Morgan fingerprint density at radius 1 is 1.20 bits per heavy atom. The average molecular weight is 293 g/mol. The Hall–Kier alpha value is -1.78. The minimum atomic E-state index is -0.342. The van der Waals surface area contributed by atoms with Gasteiger partial charge in [-0.05, 0) is 50.2 Å². The molecule has 0 unspecified atom stereocenters. The summed E-state index contributed by atoms with van der Waals surface area (Å²) < 4.78 is 5.30. The molecule has 0 aliphatic rings. The molecule has 20 heavy (non-hydrogen) atoms. The van der Waals surface area contributed by atoms with E-state index in [-0.39, 0.29) is 18.0 Å². The maximum Gasteiger partial charge on any atom is 0.241 e. The van der Waals surface area contributed by atoms with Crippen LogP contribution in [0.15, 0.2) is 47.1 Å². The lowest BCUT2D eigenvalue weighted by molar-refractivity contribution is -0.118. The molecular formula is C15H17ClN2O2. The molecule has 0 saturated heterocycles. The molecule has 0 bridgehead atoms. The van der Waals surface area contributed by atoms with Crippen LogP contribution < -0.4 is 10.6 Å². The third-order valence-corrected chi connectivity index (χ3v) is 3.23. The van der Waals surface area contributed by atoms with Crippen LogP contribution in [0.25, 0.3) is 0 Å². The Morgan fingerprint density at radius 3 is 2.50 bits per heavy atom. The van der Waals surface area contributed by atoms with Crippen molar-refractivity contribution in [3.8, 4) is 0 Å². The zero-order valence-electron chi connectivity index (χ0n) is 11.4. The molecule has 0 aliphatic heterocycles.